The van der Waals surface area contributed by atoms with Crippen molar-refractivity contribution in [3.63, 3.8) is 0 Å². The van der Waals surface area contributed by atoms with Gasteiger partial charge in [-0.3, -0.25) is 4.79 Å². The molecule has 1 amide bonds. The molecule has 2 aromatic rings. The predicted octanol–water partition coefficient (Wildman–Crippen LogP) is 3.68. The second-order valence-corrected chi connectivity index (χ2v) is 7.72. The van der Waals surface area contributed by atoms with Crippen LogP contribution in [-0.2, 0) is 10.3 Å². The Morgan fingerprint density at radius 3 is 2.75 bits per heavy atom. The lowest BCUT2D eigenvalue weighted by Crippen LogP contribution is -2.44. The molecule has 0 bridgehead atoms. The topological polar surface area (TPSA) is 50.7 Å². The van der Waals surface area contributed by atoms with Gasteiger partial charge in [-0.25, -0.2) is 18.2 Å². The zero-order chi connectivity index (χ0) is 19.7. The highest BCUT2D eigenvalue weighted by atomic mass is 32.2. The van der Waals surface area contributed by atoms with Crippen LogP contribution >= 0.6 is 11.8 Å². The summed E-state index contributed by atoms with van der Waals surface area (Å²) in [6.07, 6.45) is -0.730. The van der Waals surface area contributed by atoms with Crippen LogP contribution < -0.4 is 5.32 Å². The molecule has 0 spiro atoms. The van der Waals surface area contributed by atoms with Crippen LogP contribution in [0.15, 0.2) is 53.5 Å². The molecule has 1 saturated heterocycles. The van der Waals surface area contributed by atoms with E-state index in [4.69, 9.17) is 4.74 Å². The Labute approximate surface area is 164 Å². The average Bonchev–Trinajstić information content (AvgIpc) is 3.07. The number of nitrogens with zero attached hydrogens (tertiary/aromatic N) is 1. The summed E-state index contributed by atoms with van der Waals surface area (Å²) in [5.74, 6) is -1.86. The maximum atomic E-state index is 14.6. The van der Waals surface area contributed by atoms with Gasteiger partial charge in [0.1, 0.15) is 23.8 Å². The molecular formula is C20H17F3N2O2S. The smallest absolute Gasteiger partial charge is 0.257 e. The predicted molar refractivity (Wildman–Crippen MR) is 101 cm³/mol. The van der Waals surface area contributed by atoms with E-state index in [0.29, 0.717) is 16.5 Å². The maximum Gasteiger partial charge on any atom is 0.257 e. The molecule has 0 radical (unpaired) electrons. The van der Waals surface area contributed by atoms with E-state index >= 15 is 0 Å². The number of hydrogen-bond acceptors (Lipinski definition) is 4. The van der Waals surface area contributed by atoms with Gasteiger partial charge < -0.3 is 10.1 Å². The van der Waals surface area contributed by atoms with Gasteiger partial charge in [-0.2, -0.15) is 0 Å². The summed E-state index contributed by atoms with van der Waals surface area (Å²) in [4.78, 5) is 17.1. The molecule has 0 aliphatic carbocycles. The highest BCUT2D eigenvalue weighted by Crippen LogP contribution is 2.48. The second-order valence-electron chi connectivity index (χ2n) is 6.71. The Kier molecular flexibility index (Phi) is 5.16. The highest BCUT2D eigenvalue weighted by molar-refractivity contribution is 8.13. The molecule has 8 heteroatoms. The molecule has 146 valence electrons. The molecule has 2 aromatic carbocycles. The van der Waals surface area contributed by atoms with Crippen LogP contribution in [0.4, 0.5) is 13.2 Å². The van der Waals surface area contributed by atoms with Crippen molar-refractivity contribution in [1.82, 2.24) is 5.32 Å². The first kappa shape index (κ1) is 19.0. The van der Waals surface area contributed by atoms with Gasteiger partial charge in [0.2, 0.25) is 0 Å². The summed E-state index contributed by atoms with van der Waals surface area (Å²) in [6, 6.07) is 11.9. The Morgan fingerprint density at radius 2 is 2.04 bits per heavy atom. The van der Waals surface area contributed by atoms with E-state index in [1.165, 1.54) is 17.8 Å². The number of carbonyl (C=O) groups excluding carboxylic acids is 1. The zero-order valence-corrected chi connectivity index (χ0v) is 15.5. The summed E-state index contributed by atoms with van der Waals surface area (Å²) < 4.78 is 47.0. The summed E-state index contributed by atoms with van der Waals surface area (Å²) in [6.45, 7) is -0.767. The largest absolute Gasteiger partial charge is 0.372 e. The number of hydrogen-bond donors (Lipinski definition) is 1. The summed E-state index contributed by atoms with van der Waals surface area (Å²) in [5.41, 5.74) is -0.611. The monoisotopic (exact) mass is 406 g/mol. The first-order valence-corrected chi connectivity index (χ1v) is 9.74. The van der Waals surface area contributed by atoms with Crippen LogP contribution in [0.2, 0.25) is 0 Å². The number of aliphatic imine (C=N–C) groups is 1. The molecule has 2 aliphatic rings. The number of carbonyl (C=O) groups is 1. The number of alkyl halides is 1. The highest BCUT2D eigenvalue weighted by Gasteiger charge is 2.54. The molecule has 4 rings (SSSR count). The average molecular weight is 406 g/mol. The quantitative estimate of drug-likeness (QED) is 0.846. The molecule has 28 heavy (non-hydrogen) atoms. The Morgan fingerprint density at radius 1 is 1.25 bits per heavy atom. The minimum absolute atomic E-state index is 0.0416. The molecule has 2 heterocycles. The number of halogens is 3. The summed E-state index contributed by atoms with van der Waals surface area (Å²) in [7, 11) is 0. The molecule has 3 atom stereocenters. The van der Waals surface area contributed by atoms with E-state index in [1.54, 1.807) is 30.3 Å². The van der Waals surface area contributed by atoms with Crippen molar-refractivity contribution in [2.24, 2.45) is 10.9 Å². The van der Waals surface area contributed by atoms with Crippen molar-refractivity contribution < 1.29 is 22.7 Å². The van der Waals surface area contributed by atoms with Gasteiger partial charge >= 0.3 is 0 Å². The van der Waals surface area contributed by atoms with E-state index in [9.17, 15) is 18.0 Å². The van der Waals surface area contributed by atoms with Crippen LogP contribution in [-0.4, -0.2) is 36.2 Å². The number of amidine groups is 1. The van der Waals surface area contributed by atoms with Gasteiger partial charge in [-0.05, 0) is 18.2 Å². The number of nitrogens with one attached hydrogen (secondary N) is 1. The Bertz CT molecular complexity index is 925. The fourth-order valence-corrected chi connectivity index (χ4v) is 4.88. The van der Waals surface area contributed by atoms with Crippen LogP contribution in [0.25, 0.3) is 0 Å². The van der Waals surface area contributed by atoms with Gasteiger partial charge in [-0.1, -0.05) is 36.0 Å². The van der Waals surface area contributed by atoms with E-state index in [-0.39, 0.29) is 18.1 Å². The Balaban J connectivity index is 1.71. The second kappa shape index (κ2) is 7.60. The van der Waals surface area contributed by atoms with Gasteiger partial charge in [0.15, 0.2) is 5.17 Å². The third-order valence-corrected chi connectivity index (χ3v) is 6.08. The van der Waals surface area contributed by atoms with Gasteiger partial charge in [0, 0.05) is 28.9 Å². The lowest BCUT2D eigenvalue weighted by atomic mass is 9.79. The van der Waals surface area contributed by atoms with Crippen molar-refractivity contribution in [3.05, 3.63) is 71.3 Å². The van der Waals surface area contributed by atoms with E-state index < -0.39 is 35.9 Å². The number of fused-ring (bicyclic) bond motifs is 1. The fourth-order valence-electron chi connectivity index (χ4n) is 3.66. The molecule has 0 unspecified atom stereocenters. The van der Waals surface area contributed by atoms with Gasteiger partial charge in [-0.15, -0.1) is 0 Å². The van der Waals surface area contributed by atoms with E-state index in [0.717, 1.165) is 12.1 Å². The van der Waals surface area contributed by atoms with Crippen molar-refractivity contribution in [2.75, 3.05) is 19.0 Å². The molecule has 2 aliphatic heterocycles. The molecule has 4 nitrogen and oxygen atoms in total. The third kappa shape index (κ3) is 3.31. The number of benzene rings is 2. The number of thioether (sulfide) groups is 1. The van der Waals surface area contributed by atoms with Crippen molar-refractivity contribution in [1.29, 1.82) is 0 Å². The lowest BCUT2D eigenvalue weighted by Gasteiger charge is -2.36. The van der Waals surface area contributed by atoms with Crippen molar-refractivity contribution >= 4 is 22.8 Å². The fraction of sp³-hybridized carbons (Fsp3) is 0.300. The summed E-state index contributed by atoms with van der Waals surface area (Å²) in [5, 5.41) is 3.04. The normalized spacial score (nSPS) is 26.5. The number of ether oxygens (including phenoxy) is 1. The van der Waals surface area contributed by atoms with Crippen LogP contribution in [0, 0.1) is 17.6 Å². The van der Waals surface area contributed by atoms with Crippen molar-refractivity contribution in [3.8, 4) is 0 Å². The van der Waals surface area contributed by atoms with Crippen molar-refractivity contribution in [2.45, 2.75) is 11.6 Å². The van der Waals surface area contributed by atoms with E-state index in [1.807, 2.05) is 0 Å². The summed E-state index contributed by atoms with van der Waals surface area (Å²) >= 11 is 1.26. The van der Waals surface area contributed by atoms with Gasteiger partial charge in [0.05, 0.1) is 12.7 Å². The maximum absolute atomic E-state index is 14.6. The first-order valence-electron chi connectivity index (χ1n) is 8.75. The SMILES string of the molecule is O=C(NC1=N[C@@]2(c3ccc(F)cc3F)CO[C@H](CF)[C@H]2CS1)c1ccccc1. The van der Waals surface area contributed by atoms with Gasteiger partial charge in [0.25, 0.3) is 5.91 Å². The Hall–Kier alpha value is -2.32. The number of amides is 1. The van der Waals surface area contributed by atoms with Crippen LogP contribution in [0.1, 0.15) is 15.9 Å². The standard InChI is InChI=1S/C20H17F3N2O2S/c21-9-17-15-10-28-19(24-18(26)12-4-2-1-3-5-12)25-20(15,11-27-17)14-7-6-13(22)8-16(14)23/h1-8,15,17H,9-11H2,(H,24,25,26)/t15-,17-,20-/m1/s1. The molecule has 0 saturated carbocycles. The minimum atomic E-state index is -1.21. The number of rotatable bonds is 3. The molecular weight excluding hydrogens is 389 g/mol. The molecule has 1 N–H and O–H groups in total. The molecule has 1 fully saturated rings. The third-order valence-electron chi connectivity index (χ3n) is 5.09. The lowest BCUT2D eigenvalue weighted by molar-refractivity contribution is 0.0721. The first-order chi connectivity index (χ1) is 13.5. The van der Waals surface area contributed by atoms with Crippen LogP contribution in [0.3, 0.4) is 0 Å². The zero-order valence-electron chi connectivity index (χ0n) is 14.7. The minimum Gasteiger partial charge on any atom is -0.372 e. The molecule has 0 aromatic heterocycles. The van der Waals surface area contributed by atoms with E-state index in [2.05, 4.69) is 10.3 Å². The van der Waals surface area contributed by atoms with Crippen LogP contribution in [0.5, 0.6) is 0 Å².